The lowest BCUT2D eigenvalue weighted by Crippen LogP contribution is -2.58. The van der Waals surface area contributed by atoms with Crippen LogP contribution in [0.1, 0.15) is 53.9 Å². The van der Waals surface area contributed by atoms with Gasteiger partial charge in [0.2, 0.25) is 11.8 Å². The maximum Gasteiger partial charge on any atom is 0.259 e. The lowest BCUT2D eigenvalue weighted by atomic mass is 10.00. The molecule has 3 aromatic rings. The van der Waals surface area contributed by atoms with Crippen molar-refractivity contribution in [2.45, 2.75) is 58.3 Å². The van der Waals surface area contributed by atoms with Crippen molar-refractivity contribution in [3.63, 3.8) is 0 Å². The van der Waals surface area contributed by atoms with Crippen LogP contribution in [-0.4, -0.2) is 71.0 Å². The number of ether oxygens (including phenoxy) is 2. The zero-order valence-electron chi connectivity index (χ0n) is 23.5. The molecule has 2 aliphatic heterocycles. The number of aromatic nitrogens is 1. The largest absolute Gasteiger partial charge is 0.457 e. The summed E-state index contributed by atoms with van der Waals surface area (Å²) in [4.78, 5) is 43.1. The minimum Gasteiger partial charge on any atom is -0.457 e. The van der Waals surface area contributed by atoms with Gasteiger partial charge in [0, 0.05) is 26.1 Å². The van der Waals surface area contributed by atoms with Crippen molar-refractivity contribution in [2.75, 3.05) is 26.2 Å². The quantitative estimate of drug-likeness (QED) is 0.517. The predicted molar refractivity (Wildman–Crippen MR) is 150 cm³/mol. The number of carbonyl (C=O) groups excluding carboxylic acids is 3. The Morgan fingerprint density at radius 3 is 2.59 bits per heavy atom. The molecule has 2 aliphatic rings. The van der Waals surface area contributed by atoms with Crippen molar-refractivity contribution in [3.05, 3.63) is 77.2 Å². The van der Waals surface area contributed by atoms with Gasteiger partial charge in [0.25, 0.3) is 5.91 Å². The Balaban J connectivity index is 1.39. The molecule has 1 aromatic heterocycles. The number of likely N-dealkylation sites (N-methyl/N-ethyl adjacent to an activating group) is 1. The van der Waals surface area contributed by atoms with Crippen LogP contribution in [0, 0.1) is 0 Å². The third-order valence-electron chi connectivity index (χ3n) is 7.46. The summed E-state index contributed by atoms with van der Waals surface area (Å²) in [5.74, 6) is 1.23. The number of carbonyl (C=O) groups is 3. The van der Waals surface area contributed by atoms with Crippen molar-refractivity contribution in [1.82, 2.24) is 20.3 Å². The van der Waals surface area contributed by atoms with Crippen LogP contribution in [0.4, 0.5) is 0 Å². The van der Waals surface area contributed by atoms with Crippen molar-refractivity contribution in [3.8, 4) is 11.5 Å². The molecule has 0 aliphatic carbocycles. The molecule has 3 heterocycles. The van der Waals surface area contributed by atoms with Gasteiger partial charge >= 0.3 is 0 Å². The highest BCUT2D eigenvalue weighted by Gasteiger charge is 2.35. The van der Waals surface area contributed by atoms with Gasteiger partial charge in [-0.05, 0) is 55.2 Å². The summed E-state index contributed by atoms with van der Waals surface area (Å²) in [6, 6.07) is 14.6. The Bertz CT molecular complexity index is 1390. The summed E-state index contributed by atoms with van der Waals surface area (Å²) in [6.07, 6.45) is 3.26. The van der Waals surface area contributed by atoms with E-state index < -0.39 is 6.04 Å². The van der Waals surface area contributed by atoms with Crippen LogP contribution in [0.15, 0.2) is 59.3 Å². The van der Waals surface area contributed by atoms with E-state index in [4.69, 9.17) is 14.0 Å². The lowest BCUT2D eigenvalue weighted by Gasteiger charge is -2.39. The van der Waals surface area contributed by atoms with E-state index in [-0.39, 0.29) is 43.3 Å². The van der Waals surface area contributed by atoms with Gasteiger partial charge in [0.05, 0.1) is 37.9 Å². The summed E-state index contributed by atoms with van der Waals surface area (Å²) in [6.45, 7) is 5.20. The van der Waals surface area contributed by atoms with E-state index in [1.54, 1.807) is 4.90 Å². The summed E-state index contributed by atoms with van der Waals surface area (Å²) in [5, 5.41) is 6.90. The van der Waals surface area contributed by atoms with Crippen LogP contribution in [-0.2, 0) is 33.8 Å². The average Bonchev–Trinajstić information content (AvgIpc) is 3.43. The number of hydrogen-bond donors (Lipinski definition) is 1. The zero-order chi connectivity index (χ0) is 28.8. The normalized spacial score (nSPS) is 20.0. The van der Waals surface area contributed by atoms with Gasteiger partial charge in [-0.1, -0.05) is 36.3 Å². The van der Waals surface area contributed by atoms with E-state index in [0.29, 0.717) is 55.4 Å². The first-order chi connectivity index (χ1) is 19.9. The summed E-state index contributed by atoms with van der Waals surface area (Å²) < 4.78 is 17.7. The van der Waals surface area contributed by atoms with E-state index in [2.05, 4.69) is 10.5 Å². The van der Waals surface area contributed by atoms with Crippen LogP contribution in [0.5, 0.6) is 11.5 Å². The van der Waals surface area contributed by atoms with Crippen LogP contribution in [0.25, 0.3) is 0 Å². The van der Waals surface area contributed by atoms with Crippen LogP contribution < -0.4 is 10.1 Å². The Labute approximate surface area is 239 Å². The zero-order valence-corrected chi connectivity index (χ0v) is 23.5. The van der Waals surface area contributed by atoms with Crippen molar-refractivity contribution >= 4 is 17.7 Å². The first kappa shape index (κ1) is 28.4. The predicted octanol–water partition coefficient (Wildman–Crippen LogP) is 3.74. The molecule has 1 N–H and O–H groups in total. The third kappa shape index (κ3) is 6.94. The van der Waals surface area contributed by atoms with Gasteiger partial charge < -0.3 is 29.1 Å². The van der Waals surface area contributed by atoms with E-state index in [0.717, 1.165) is 17.5 Å². The summed E-state index contributed by atoms with van der Waals surface area (Å²) in [5.41, 5.74) is 2.17. The Morgan fingerprint density at radius 2 is 1.83 bits per heavy atom. The number of piperidine rings is 1. The maximum atomic E-state index is 13.4. The van der Waals surface area contributed by atoms with Crippen LogP contribution in [0.3, 0.4) is 0 Å². The van der Waals surface area contributed by atoms with Gasteiger partial charge in [0.15, 0.2) is 0 Å². The second-order valence-electron chi connectivity index (χ2n) is 10.5. The molecule has 41 heavy (non-hydrogen) atoms. The van der Waals surface area contributed by atoms with Crippen LogP contribution >= 0.6 is 0 Å². The second kappa shape index (κ2) is 13.0. The SMILES string of the molecule is CCCc1oncc1C(=O)N1CC[C@@H]2OCc3cccc(c3)Oc3cccc(c3)CC(=O)N(CC)CC(=O)N[C@H]2C1. The number of nitrogens with zero attached hydrogens (tertiary/aromatic N) is 3. The smallest absolute Gasteiger partial charge is 0.259 e. The Morgan fingerprint density at radius 1 is 1.07 bits per heavy atom. The molecule has 4 bridgehead atoms. The molecule has 1 saturated heterocycles. The van der Waals surface area contributed by atoms with Crippen molar-refractivity contribution < 1.29 is 28.4 Å². The summed E-state index contributed by atoms with van der Waals surface area (Å²) in [7, 11) is 0. The fourth-order valence-corrected chi connectivity index (χ4v) is 5.31. The molecule has 3 amide bonds. The van der Waals surface area contributed by atoms with E-state index >= 15 is 0 Å². The molecule has 10 heteroatoms. The number of likely N-dealkylation sites (tertiary alicyclic amines) is 1. The first-order valence-corrected chi connectivity index (χ1v) is 14.2. The van der Waals surface area contributed by atoms with E-state index in [1.165, 1.54) is 11.1 Å². The number of fused-ring (bicyclic) bond motifs is 5. The molecule has 0 spiro atoms. The van der Waals surface area contributed by atoms with E-state index in [9.17, 15) is 14.4 Å². The Kier molecular flexibility index (Phi) is 8.98. The summed E-state index contributed by atoms with van der Waals surface area (Å²) >= 11 is 0. The number of benzene rings is 2. The second-order valence-corrected chi connectivity index (χ2v) is 10.5. The molecule has 2 atom stereocenters. The minimum absolute atomic E-state index is 0.0875. The number of hydrogen-bond acceptors (Lipinski definition) is 7. The first-order valence-electron chi connectivity index (χ1n) is 14.2. The molecule has 2 aromatic carbocycles. The number of amides is 3. The fourth-order valence-electron chi connectivity index (χ4n) is 5.31. The number of rotatable bonds is 4. The highest BCUT2D eigenvalue weighted by Crippen LogP contribution is 2.26. The highest BCUT2D eigenvalue weighted by atomic mass is 16.5. The van der Waals surface area contributed by atoms with Gasteiger partial charge in [-0.2, -0.15) is 0 Å². The standard InChI is InChI=1S/C31H36N4O6/c1-3-7-27-25(17-32-41-27)31(38)35-13-12-28-26(18-35)33-29(36)19-34(4-2)30(37)16-21-8-5-10-23(14-21)40-24-11-6-9-22(15-24)20-39-28/h5-6,8-11,14-15,17,26,28H,3-4,7,12-13,16,18-20H2,1-2H3,(H,33,36)/t26-,28-/m0/s1. The fraction of sp³-hybridized carbons (Fsp3) is 0.419. The molecule has 10 nitrogen and oxygen atoms in total. The maximum absolute atomic E-state index is 13.4. The topological polar surface area (TPSA) is 114 Å². The monoisotopic (exact) mass is 560 g/mol. The highest BCUT2D eigenvalue weighted by molar-refractivity contribution is 5.95. The Hall–Kier alpha value is -4.18. The molecule has 216 valence electrons. The average molecular weight is 561 g/mol. The molecule has 5 rings (SSSR count). The van der Waals surface area contributed by atoms with Gasteiger partial charge in [0.1, 0.15) is 22.8 Å². The van der Waals surface area contributed by atoms with Gasteiger partial charge in [-0.25, -0.2) is 0 Å². The third-order valence-corrected chi connectivity index (χ3v) is 7.46. The minimum atomic E-state index is -0.464. The molecule has 0 radical (unpaired) electrons. The molecular weight excluding hydrogens is 524 g/mol. The van der Waals surface area contributed by atoms with Gasteiger partial charge in [-0.3, -0.25) is 14.4 Å². The van der Waals surface area contributed by atoms with Gasteiger partial charge in [-0.15, -0.1) is 0 Å². The van der Waals surface area contributed by atoms with Crippen LogP contribution in [0.2, 0.25) is 0 Å². The molecule has 0 unspecified atom stereocenters. The molecule has 1 fully saturated rings. The van der Waals surface area contributed by atoms with Crippen molar-refractivity contribution in [2.24, 2.45) is 0 Å². The lowest BCUT2D eigenvalue weighted by molar-refractivity contribution is -0.136. The van der Waals surface area contributed by atoms with E-state index in [1.807, 2.05) is 62.4 Å². The number of aryl methyl sites for hydroxylation is 1. The van der Waals surface area contributed by atoms with Crippen molar-refractivity contribution in [1.29, 1.82) is 0 Å². The molecule has 0 saturated carbocycles. The number of nitrogens with one attached hydrogen (secondary N) is 1. The molecular formula is C31H36N4O6.